The Morgan fingerprint density at radius 2 is 2.17 bits per heavy atom. The molecule has 1 aliphatic heterocycles. The number of ether oxygens (including phenoxy) is 1. The zero-order valence-electron chi connectivity index (χ0n) is 12.3. The zero-order chi connectivity index (χ0) is 13.6. The van der Waals surface area contributed by atoms with E-state index in [0.717, 1.165) is 26.1 Å². The van der Waals surface area contributed by atoms with Crippen LogP contribution in [0.25, 0.3) is 0 Å². The summed E-state index contributed by atoms with van der Waals surface area (Å²) < 4.78 is 5.79. The van der Waals surface area contributed by atoms with Crippen molar-refractivity contribution in [1.82, 2.24) is 5.32 Å². The van der Waals surface area contributed by atoms with E-state index in [1.807, 2.05) is 0 Å². The van der Waals surface area contributed by atoms with Crippen molar-refractivity contribution in [3.05, 3.63) is 0 Å². The van der Waals surface area contributed by atoms with Crippen molar-refractivity contribution < 1.29 is 4.74 Å². The third-order valence-corrected chi connectivity index (χ3v) is 3.84. The Kier molecular flexibility index (Phi) is 6.11. The van der Waals surface area contributed by atoms with Gasteiger partial charge in [-0.3, -0.25) is 0 Å². The van der Waals surface area contributed by atoms with E-state index in [-0.39, 0.29) is 5.41 Å². The van der Waals surface area contributed by atoms with Crippen LogP contribution in [-0.4, -0.2) is 25.8 Å². The van der Waals surface area contributed by atoms with Crippen LogP contribution in [0.2, 0.25) is 0 Å². The van der Waals surface area contributed by atoms with Gasteiger partial charge < -0.3 is 10.1 Å². The zero-order valence-corrected chi connectivity index (χ0v) is 12.3. The minimum atomic E-state index is 0.211. The molecule has 3 heteroatoms. The van der Waals surface area contributed by atoms with Gasteiger partial charge >= 0.3 is 0 Å². The second-order valence-electron chi connectivity index (χ2n) is 6.58. The van der Waals surface area contributed by atoms with Gasteiger partial charge in [0.2, 0.25) is 0 Å². The highest BCUT2D eigenvalue weighted by molar-refractivity contribution is 4.83. The third-order valence-electron chi connectivity index (χ3n) is 3.84. The molecule has 1 fully saturated rings. The van der Waals surface area contributed by atoms with Crippen molar-refractivity contribution >= 4 is 0 Å². The summed E-state index contributed by atoms with van der Waals surface area (Å²) in [6.45, 7) is 11.9. The molecule has 3 nitrogen and oxygen atoms in total. The first-order chi connectivity index (χ1) is 8.46. The van der Waals surface area contributed by atoms with E-state index < -0.39 is 0 Å². The molecule has 0 bridgehead atoms. The van der Waals surface area contributed by atoms with E-state index >= 15 is 0 Å². The number of nitrogens with one attached hydrogen (secondary N) is 1. The summed E-state index contributed by atoms with van der Waals surface area (Å²) in [4.78, 5) is 0. The normalized spacial score (nSPS) is 24.4. The van der Waals surface area contributed by atoms with Gasteiger partial charge in [-0.05, 0) is 30.1 Å². The second kappa shape index (κ2) is 7.11. The van der Waals surface area contributed by atoms with Gasteiger partial charge in [0.05, 0.1) is 12.2 Å². The van der Waals surface area contributed by atoms with E-state index in [9.17, 15) is 0 Å². The Bertz CT molecular complexity index is 281. The van der Waals surface area contributed by atoms with Crippen molar-refractivity contribution in [2.24, 2.45) is 17.3 Å². The van der Waals surface area contributed by atoms with Gasteiger partial charge in [0.25, 0.3) is 0 Å². The van der Waals surface area contributed by atoms with Crippen molar-refractivity contribution in [3.8, 4) is 6.07 Å². The Balaban J connectivity index is 2.27. The van der Waals surface area contributed by atoms with Crippen LogP contribution in [0, 0.1) is 28.6 Å². The molecule has 0 radical (unpaired) electrons. The predicted molar refractivity (Wildman–Crippen MR) is 74.2 cm³/mol. The molecular weight excluding hydrogens is 224 g/mol. The SMILES string of the molecule is CC(C)[C@H]1OCC[C@@H]1CNCC(C)(C)CCC#N. The molecule has 0 aliphatic carbocycles. The van der Waals surface area contributed by atoms with Crippen molar-refractivity contribution in [2.75, 3.05) is 19.7 Å². The fourth-order valence-corrected chi connectivity index (χ4v) is 2.69. The summed E-state index contributed by atoms with van der Waals surface area (Å²) in [7, 11) is 0. The topological polar surface area (TPSA) is 45.0 Å². The molecule has 104 valence electrons. The van der Waals surface area contributed by atoms with Crippen LogP contribution in [0.15, 0.2) is 0 Å². The minimum Gasteiger partial charge on any atom is -0.378 e. The summed E-state index contributed by atoms with van der Waals surface area (Å²) >= 11 is 0. The number of hydrogen-bond donors (Lipinski definition) is 1. The standard InChI is InChI=1S/C15H28N2O/c1-12(2)14-13(6-9-18-14)10-17-11-15(3,4)7-5-8-16/h12-14,17H,5-7,9-11H2,1-4H3/t13-,14-/m1/s1. The number of nitriles is 1. The molecule has 0 aromatic carbocycles. The van der Waals surface area contributed by atoms with Crippen LogP contribution in [0.4, 0.5) is 0 Å². The lowest BCUT2D eigenvalue weighted by atomic mass is 9.87. The minimum absolute atomic E-state index is 0.211. The first-order valence-electron chi connectivity index (χ1n) is 7.15. The van der Waals surface area contributed by atoms with E-state index in [1.165, 1.54) is 6.42 Å². The first kappa shape index (κ1) is 15.5. The van der Waals surface area contributed by atoms with Crippen molar-refractivity contribution in [2.45, 2.75) is 53.1 Å². The van der Waals surface area contributed by atoms with E-state index in [1.54, 1.807) is 0 Å². The van der Waals surface area contributed by atoms with Crippen LogP contribution >= 0.6 is 0 Å². The van der Waals surface area contributed by atoms with Gasteiger partial charge in [-0.15, -0.1) is 0 Å². The predicted octanol–water partition coefficient (Wildman–Crippen LogP) is 2.97. The van der Waals surface area contributed by atoms with Crippen LogP contribution in [0.5, 0.6) is 0 Å². The molecule has 1 rings (SSSR count). The average molecular weight is 252 g/mol. The third kappa shape index (κ3) is 4.96. The summed E-state index contributed by atoms with van der Waals surface area (Å²) in [6.07, 6.45) is 3.20. The fourth-order valence-electron chi connectivity index (χ4n) is 2.69. The molecule has 1 aliphatic rings. The van der Waals surface area contributed by atoms with Gasteiger partial charge in [0, 0.05) is 26.1 Å². The highest BCUT2D eigenvalue weighted by Gasteiger charge is 2.30. The van der Waals surface area contributed by atoms with E-state index in [0.29, 0.717) is 24.4 Å². The maximum atomic E-state index is 8.64. The molecule has 18 heavy (non-hydrogen) atoms. The van der Waals surface area contributed by atoms with Crippen LogP contribution < -0.4 is 5.32 Å². The smallest absolute Gasteiger partial charge is 0.0639 e. The lowest BCUT2D eigenvalue weighted by molar-refractivity contribution is 0.0534. The van der Waals surface area contributed by atoms with Crippen LogP contribution in [-0.2, 0) is 4.74 Å². The molecule has 1 heterocycles. The summed E-state index contributed by atoms with van der Waals surface area (Å²) in [5.41, 5.74) is 0.211. The lowest BCUT2D eigenvalue weighted by Crippen LogP contribution is -2.36. The molecule has 0 aromatic rings. The summed E-state index contributed by atoms with van der Waals surface area (Å²) in [6, 6.07) is 2.23. The largest absolute Gasteiger partial charge is 0.378 e. The molecule has 0 spiro atoms. The second-order valence-corrected chi connectivity index (χ2v) is 6.58. The highest BCUT2D eigenvalue weighted by atomic mass is 16.5. The lowest BCUT2D eigenvalue weighted by Gasteiger charge is -2.27. The molecule has 1 saturated heterocycles. The molecule has 2 atom stereocenters. The Hall–Kier alpha value is -0.590. The molecule has 0 aromatic heterocycles. The summed E-state index contributed by atoms with van der Waals surface area (Å²) in [5.74, 6) is 1.25. The van der Waals surface area contributed by atoms with Gasteiger partial charge in [-0.2, -0.15) is 5.26 Å². The molecule has 0 unspecified atom stereocenters. The summed E-state index contributed by atoms with van der Waals surface area (Å²) in [5, 5.41) is 12.2. The van der Waals surface area contributed by atoms with Crippen molar-refractivity contribution in [1.29, 1.82) is 5.26 Å². The Labute approximate surface area is 112 Å². The van der Waals surface area contributed by atoms with Crippen LogP contribution in [0.1, 0.15) is 47.0 Å². The molecule has 0 saturated carbocycles. The monoisotopic (exact) mass is 252 g/mol. The number of nitrogens with zero attached hydrogens (tertiary/aromatic N) is 1. The van der Waals surface area contributed by atoms with Crippen LogP contribution in [0.3, 0.4) is 0 Å². The van der Waals surface area contributed by atoms with E-state index in [4.69, 9.17) is 10.00 Å². The van der Waals surface area contributed by atoms with Crippen molar-refractivity contribution in [3.63, 3.8) is 0 Å². The maximum Gasteiger partial charge on any atom is 0.0639 e. The average Bonchev–Trinajstić information content (AvgIpc) is 2.74. The number of rotatable bonds is 7. The Morgan fingerprint density at radius 1 is 1.44 bits per heavy atom. The molecule has 0 amide bonds. The maximum absolute atomic E-state index is 8.64. The van der Waals surface area contributed by atoms with Gasteiger partial charge in [0.15, 0.2) is 0 Å². The molecular formula is C15H28N2O. The van der Waals surface area contributed by atoms with Gasteiger partial charge in [-0.25, -0.2) is 0 Å². The fraction of sp³-hybridized carbons (Fsp3) is 0.933. The molecule has 1 N–H and O–H groups in total. The van der Waals surface area contributed by atoms with Gasteiger partial charge in [-0.1, -0.05) is 27.7 Å². The van der Waals surface area contributed by atoms with Gasteiger partial charge in [0.1, 0.15) is 0 Å². The first-order valence-corrected chi connectivity index (χ1v) is 7.15. The highest BCUT2D eigenvalue weighted by Crippen LogP contribution is 2.27. The Morgan fingerprint density at radius 3 is 2.78 bits per heavy atom. The van der Waals surface area contributed by atoms with E-state index in [2.05, 4.69) is 39.1 Å². The number of hydrogen-bond acceptors (Lipinski definition) is 3. The quantitative estimate of drug-likeness (QED) is 0.757.